The van der Waals surface area contributed by atoms with E-state index in [0.717, 1.165) is 0 Å². The zero-order valence-electron chi connectivity index (χ0n) is 9.30. The van der Waals surface area contributed by atoms with E-state index in [4.69, 9.17) is 23.2 Å². The molecule has 1 aromatic carbocycles. The van der Waals surface area contributed by atoms with Crippen LogP contribution in [0.25, 0.3) is 0 Å². The number of anilines is 1. The van der Waals surface area contributed by atoms with Gasteiger partial charge < -0.3 is 5.32 Å². The van der Waals surface area contributed by atoms with Crippen molar-refractivity contribution in [3.63, 3.8) is 0 Å². The Morgan fingerprint density at radius 1 is 1.17 bits per heavy atom. The summed E-state index contributed by atoms with van der Waals surface area (Å²) in [7, 11) is 0. The number of alkyl halides is 4. The standard InChI is InChI=1S/C12H11Cl2F2NO/c13-9(5-15)12(10(14)6-16)7-3-1-2-4-8(7)17-11(12)18/h1-4,9-10H,5-6H2,(H,17,18). The lowest BCUT2D eigenvalue weighted by atomic mass is 9.75. The molecule has 0 spiro atoms. The highest BCUT2D eigenvalue weighted by Gasteiger charge is 2.56. The van der Waals surface area contributed by atoms with Gasteiger partial charge >= 0.3 is 0 Å². The van der Waals surface area contributed by atoms with Gasteiger partial charge in [-0.15, -0.1) is 23.2 Å². The van der Waals surface area contributed by atoms with Crippen LogP contribution in [0.3, 0.4) is 0 Å². The van der Waals surface area contributed by atoms with Gasteiger partial charge in [0, 0.05) is 5.69 Å². The van der Waals surface area contributed by atoms with Crippen LogP contribution in [0.2, 0.25) is 0 Å². The van der Waals surface area contributed by atoms with Crippen molar-refractivity contribution in [1.82, 2.24) is 0 Å². The van der Waals surface area contributed by atoms with E-state index in [1.165, 1.54) is 0 Å². The second-order valence-corrected chi connectivity index (χ2v) is 5.17. The molecule has 1 N–H and O–H groups in total. The highest BCUT2D eigenvalue weighted by Crippen LogP contribution is 2.46. The molecule has 2 atom stereocenters. The lowest BCUT2D eigenvalue weighted by Gasteiger charge is -2.33. The van der Waals surface area contributed by atoms with E-state index in [1.807, 2.05) is 0 Å². The van der Waals surface area contributed by atoms with Crippen molar-refractivity contribution >= 4 is 34.8 Å². The number of hydrogen-bond donors (Lipinski definition) is 1. The Morgan fingerprint density at radius 3 is 2.28 bits per heavy atom. The lowest BCUT2D eigenvalue weighted by Crippen LogP contribution is -2.51. The van der Waals surface area contributed by atoms with Gasteiger partial charge in [-0.2, -0.15) is 0 Å². The number of amides is 1. The van der Waals surface area contributed by atoms with Gasteiger partial charge in [-0.05, 0) is 11.6 Å². The summed E-state index contributed by atoms with van der Waals surface area (Å²) in [5, 5.41) is 0.160. The van der Waals surface area contributed by atoms with Crippen molar-refractivity contribution in [3.8, 4) is 0 Å². The first-order valence-corrected chi connectivity index (χ1v) is 6.27. The van der Waals surface area contributed by atoms with E-state index in [0.29, 0.717) is 11.3 Å². The van der Waals surface area contributed by atoms with E-state index in [1.54, 1.807) is 24.3 Å². The van der Waals surface area contributed by atoms with Crippen molar-refractivity contribution in [2.45, 2.75) is 16.2 Å². The van der Waals surface area contributed by atoms with Crippen LogP contribution in [0.4, 0.5) is 14.5 Å². The highest BCUT2D eigenvalue weighted by atomic mass is 35.5. The van der Waals surface area contributed by atoms with Crippen LogP contribution in [0.5, 0.6) is 0 Å². The minimum absolute atomic E-state index is 0.449. The number of carbonyl (C=O) groups is 1. The summed E-state index contributed by atoms with van der Waals surface area (Å²) in [5.41, 5.74) is -0.616. The number of nitrogens with one attached hydrogen (secondary N) is 1. The molecule has 2 rings (SSSR count). The summed E-state index contributed by atoms with van der Waals surface area (Å²) in [6.07, 6.45) is 0. The molecule has 0 aromatic heterocycles. The van der Waals surface area contributed by atoms with E-state index in [-0.39, 0.29) is 0 Å². The van der Waals surface area contributed by atoms with Crippen LogP contribution in [0, 0.1) is 0 Å². The largest absolute Gasteiger partial charge is 0.325 e. The number of fused-ring (bicyclic) bond motifs is 1. The van der Waals surface area contributed by atoms with Crippen molar-refractivity contribution < 1.29 is 13.6 Å². The van der Waals surface area contributed by atoms with Gasteiger partial charge in [0.25, 0.3) is 0 Å². The Labute approximate surface area is 113 Å². The normalized spacial score (nSPS) is 25.4. The van der Waals surface area contributed by atoms with Crippen LogP contribution in [-0.2, 0) is 10.2 Å². The molecule has 0 radical (unpaired) electrons. The molecule has 0 saturated carbocycles. The van der Waals surface area contributed by atoms with Gasteiger partial charge in [-0.3, -0.25) is 4.79 Å². The van der Waals surface area contributed by atoms with E-state index < -0.39 is 35.4 Å². The summed E-state index contributed by atoms with van der Waals surface area (Å²) in [4.78, 5) is 12.1. The van der Waals surface area contributed by atoms with Crippen LogP contribution in [-0.4, -0.2) is 30.0 Å². The Morgan fingerprint density at radius 2 is 1.72 bits per heavy atom. The first-order chi connectivity index (χ1) is 8.58. The molecule has 6 heteroatoms. The summed E-state index contributed by atoms with van der Waals surface area (Å²) < 4.78 is 25.9. The Bertz CT molecular complexity index is 459. The fourth-order valence-corrected chi connectivity index (χ4v) is 3.16. The molecule has 2 nitrogen and oxygen atoms in total. The van der Waals surface area contributed by atoms with Gasteiger partial charge in [-0.25, -0.2) is 8.78 Å². The topological polar surface area (TPSA) is 29.1 Å². The van der Waals surface area contributed by atoms with Gasteiger partial charge in [0.2, 0.25) is 5.91 Å². The Kier molecular flexibility index (Phi) is 3.78. The predicted octanol–water partition coefficient (Wildman–Crippen LogP) is 3.03. The number of para-hydroxylation sites is 1. The number of benzene rings is 1. The average Bonchev–Trinajstić information content (AvgIpc) is 2.70. The fraction of sp³-hybridized carbons (Fsp3) is 0.417. The number of carbonyl (C=O) groups excluding carboxylic acids is 1. The first-order valence-electron chi connectivity index (χ1n) is 5.40. The van der Waals surface area contributed by atoms with E-state index >= 15 is 0 Å². The third-order valence-corrected chi connectivity index (χ3v) is 4.18. The SMILES string of the molecule is O=C1Nc2ccccc2C1(C(Cl)CF)C(Cl)CF. The number of rotatable bonds is 4. The second kappa shape index (κ2) is 5.02. The summed E-state index contributed by atoms with van der Waals surface area (Å²) in [6, 6.07) is 6.66. The molecule has 0 aliphatic carbocycles. The minimum Gasteiger partial charge on any atom is -0.325 e. The molecule has 1 aliphatic rings. The lowest BCUT2D eigenvalue weighted by molar-refractivity contribution is -0.121. The van der Waals surface area contributed by atoms with Gasteiger partial charge in [0.05, 0.1) is 10.8 Å². The molecule has 2 unspecified atom stereocenters. The van der Waals surface area contributed by atoms with E-state index in [2.05, 4.69) is 5.32 Å². The minimum atomic E-state index is -1.57. The maximum absolute atomic E-state index is 13.0. The Hall–Kier alpha value is -0.870. The number of hydrogen-bond acceptors (Lipinski definition) is 1. The Balaban J connectivity index is 2.63. The highest BCUT2D eigenvalue weighted by molar-refractivity contribution is 6.31. The van der Waals surface area contributed by atoms with Crippen LogP contribution < -0.4 is 5.32 Å². The smallest absolute Gasteiger partial charge is 0.238 e. The van der Waals surface area contributed by atoms with Gasteiger partial charge in [0.15, 0.2) is 0 Å². The van der Waals surface area contributed by atoms with Gasteiger partial charge in [0.1, 0.15) is 18.8 Å². The zero-order chi connectivity index (χ0) is 13.3. The molecule has 98 valence electrons. The van der Waals surface area contributed by atoms with Crippen LogP contribution >= 0.6 is 23.2 Å². The second-order valence-electron chi connectivity index (χ2n) is 4.11. The predicted molar refractivity (Wildman–Crippen MR) is 68.0 cm³/mol. The quantitative estimate of drug-likeness (QED) is 0.850. The maximum atomic E-state index is 13.0. The van der Waals surface area contributed by atoms with Crippen molar-refractivity contribution in [2.24, 2.45) is 0 Å². The van der Waals surface area contributed by atoms with E-state index in [9.17, 15) is 13.6 Å². The van der Waals surface area contributed by atoms with Crippen molar-refractivity contribution in [1.29, 1.82) is 0 Å². The maximum Gasteiger partial charge on any atom is 0.238 e. The molecule has 1 aliphatic heterocycles. The molecule has 1 heterocycles. The molecular formula is C12H11Cl2F2NO. The molecule has 0 bridgehead atoms. The third-order valence-electron chi connectivity index (χ3n) is 3.26. The molecule has 1 amide bonds. The molecule has 0 saturated heterocycles. The average molecular weight is 294 g/mol. The summed E-state index contributed by atoms with van der Waals surface area (Å²) >= 11 is 11.9. The monoisotopic (exact) mass is 293 g/mol. The first kappa shape index (κ1) is 13.6. The molecular weight excluding hydrogens is 283 g/mol. The van der Waals surface area contributed by atoms with Crippen LogP contribution in [0.15, 0.2) is 24.3 Å². The van der Waals surface area contributed by atoms with Crippen molar-refractivity contribution in [2.75, 3.05) is 18.7 Å². The van der Waals surface area contributed by atoms with Gasteiger partial charge in [-0.1, -0.05) is 18.2 Å². The molecule has 1 aromatic rings. The molecule has 18 heavy (non-hydrogen) atoms. The third kappa shape index (κ3) is 1.70. The van der Waals surface area contributed by atoms with Crippen LogP contribution in [0.1, 0.15) is 5.56 Å². The molecule has 0 fully saturated rings. The summed E-state index contributed by atoms with van der Waals surface area (Å²) in [6.45, 7) is -1.93. The number of halogens is 4. The zero-order valence-corrected chi connectivity index (χ0v) is 10.8. The summed E-state index contributed by atoms with van der Waals surface area (Å²) in [5.74, 6) is -0.556. The van der Waals surface area contributed by atoms with Crippen molar-refractivity contribution in [3.05, 3.63) is 29.8 Å². The fourth-order valence-electron chi connectivity index (χ4n) is 2.36.